The van der Waals surface area contributed by atoms with Crippen LogP contribution in [0.1, 0.15) is 16.8 Å². The summed E-state index contributed by atoms with van der Waals surface area (Å²) in [7, 11) is 1.73. The summed E-state index contributed by atoms with van der Waals surface area (Å²) in [6.07, 6.45) is 2.35. The third-order valence-corrected chi connectivity index (χ3v) is 2.89. The number of amides is 1. The Morgan fingerprint density at radius 3 is 3.06 bits per heavy atom. The number of halogens is 1. The number of anilines is 1. The van der Waals surface area contributed by atoms with Crippen LogP contribution in [0.25, 0.3) is 0 Å². The Hall–Kier alpha value is -1.33. The molecule has 1 aliphatic heterocycles. The van der Waals surface area contributed by atoms with Gasteiger partial charge in [-0.05, 0) is 12.5 Å². The molecule has 6 heteroatoms. The summed E-state index contributed by atoms with van der Waals surface area (Å²) in [6.45, 7) is 1.27. The van der Waals surface area contributed by atoms with Crippen LogP contribution in [-0.2, 0) is 4.74 Å². The van der Waals surface area contributed by atoms with E-state index in [9.17, 15) is 4.79 Å². The van der Waals surface area contributed by atoms with Gasteiger partial charge in [0.1, 0.15) is 5.82 Å². The molecule has 0 radical (unpaired) electrons. The molecule has 92 valence electrons. The van der Waals surface area contributed by atoms with E-state index < -0.39 is 0 Å². The van der Waals surface area contributed by atoms with Gasteiger partial charge >= 0.3 is 0 Å². The summed E-state index contributed by atoms with van der Waals surface area (Å²) in [6, 6.07) is 1.69. The first kappa shape index (κ1) is 12.1. The van der Waals surface area contributed by atoms with Gasteiger partial charge in [-0.2, -0.15) is 0 Å². The summed E-state index contributed by atoms with van der Waals surface area (Å²) in [5.41, 5.74) is 0.459. The molecule has 1 unspecified atom stereocenters. The second-order valence-corrected chi connectivity index (χ2v) is 4.25. The van der Waals surface area contributed by atoms with Crippen LogP contribution in [0.3, 0.4) is 0 Å². The van der Waals surface area contributed by atoms with Crippen LogP contribution in [-0.4, -0.2) is 37.2 Å². The highest BCUT2D eigenvalue weighted by atomic mass is 35.5. The molecule has 0 aromatic carbocycles. The number of nitrogens with zero attached hydrogens (tertiary/aromatic N) is 1. The van der Waals surface area contributed by atoms with Crippen molar-refractivity contribution in [1.29, 1.82) is 0 Å². The number of carbonyl (C=O) groups is 1. The van der Waals surface area contributed by atoms with Gasteiger partial charge in [0.05, 0.1) is 23.2 Å². The smallest absolute Gasteiger partial charge is 0.253 e. The van der Waals surface area contributed by atoms with Crippen LogP contribution < -0.4 is 10.6 Å². The summed E-state index contributed by atoms with van der Waals surface area (Å²) in [4.78, 5) is 15.9. The van der Waals surface area contributed by atoms with Crippen LogP contribution in [0, 0.1) is 0 Å². The maximum Gasteiger partial charge on any atom is 0.253 e. The largest absolute Gasteiger partial charge is 0.379 e. The first-order chi connectivity index (χ1) is 8.20. The average Bonchev–Trinajstić information content (AvgIpc) is 2.81. The number of hydrogen-bond acceptors (Lipinski definition) is 4. The van der Waals surface area contributed by atoms with Crippen LogP contribution in [0.2, 0.25) is 5.02 Å². The molecule has 0 bridgehead atoms. The monoisotopic (exact) mass is 255 g/mol. The third kappa shape index (κ3) is 2.87. The van der Waals surface area contributed by atoms with E-state index in [1.54, 1.807) is 13.1 Å². The van der Waals surface area contributed by atoms with E-state index in [4.69, 9.17) is 16.3 Å². The molecule has 0 saturated carbocycles. The molecule has 0 aliphatic carbocycles. The molecule has 2 heterocycles. The van der Waals surface area contributed by atoms with Crippen LogP contribution in [0.15, 0.2) is 12.3 Å². The lowest BCUT2D eigenvalue weighted by atomic mass is 10.2. The number of pyridine rings is 1. The highest BCUT2D eigenvalue weighted by molar-refractivity contribution is 6.33. The van der Waals surface area contributed by atoms with Gasteiger partial charge in [0.2, 0.25) is 0 Å². The normalized spacial score (nSPS) is 19.1. The van der Waals surface area contributed by atoms with Gasteiger partial charge in [-0.3, -0.25) is 4.79 Å². The van der Waals surface area contributed by atoms with Gasteiger partial charge in [-0.15, -0.1) is 0 Å². The van der Waals surface area contributed by atoms with E-state index in [0.717, 1.165) is 6.42 Å². The van der Waals surface area contributed by atoms with Crippen molar-refractivity contribution < 1.29 is 9.53 Å². The number of aromatic nitrogens is 1. The quantitative estimate of drug-likeness (QED) is 0.855. The molecular weight excluding hydrogens is 242 g/mol. The van der Waals surface area contributed by atoms with E-state index in [1.165, 1.54) is 6.20 Å². The topological polar surface area (TPSA) is 63.2 Å². The molecule has 1 saturated heterocycles. The Kier molecular flexibility index (Phi) is 3.81. The summed E-state index contributed by atoms with van der Waals surface area (Å²) in [5, 5.41) is 6.15. The fraction of sp³-hybridized carbons (Fsp3) is 0.455. The summed E-state index contributed by atoms with van der Waals surface area (Å²) in [5.74, 6) is 0.393. The number of carbonyl (C=O) groups excluding carboxylic acids is 1. The molecule has 5 nitrogen and oxygen atoms in total. The number of ether oxygens (including phenoxy) is 1. The van der Waals surface area contributed by atoms with E-state index in [-0.39, 0.29) is 11.9 Å². The van der Waals surface area contributed by atoms with Crippen LogP contribution >= 0.6 is 11.6 Å². The van der Waals surface area contributed by atoms with E-state index in [2.05, 4.69) is 15.6 Å². The zero-order valence-electron chi connectivity index (χ0n) is 9.50. The molecule has 2 rings (SSSR count). The van der Waals surface area contributed by atoms with Gasteiger partial charge < -0.3 is 15.4 Å². The highest BCUT2D eigenvalue weighted by Gasteiger charge is 2.19. The maximum atomic E-state index is 11.9. The zero-order valence-corrected chi connectivity index (χ0v) is 10.3. The Morgan fingerprint density at radius 1 is 1.65 bits per heavy atom. The molecule has 0 spiro atoms. The lowest BCUT2D eigenvalue weighted by Gasteiger charge is -2.11. The van der Waals surface area contributed by atoms with E-state index in [0.29, 0.717) is 29.6 Å². The number of rotatable bonds is 3. The Labute approximate surface area is 105 Å². The lowest BCUT2D eigenvalue weighted by Crippen LogP contribution is -2.35. The fourth-order valence-corrected chi connectivity index (χ4v) is 1.92. The standard InChI is InChI=1S/C11H14ClN3O2/c1-13-10-9(12)4-7(5-14-10)11(16)15-8-2-3-17-6-8/h4-5,8H,2-3,6H2,1H3,(H,13,14)(H,15,16). The molecule has 1 aliphatic rings. The van der Waals surface area contributed by atoms with Crippen molar-refractivity contribution in [1.82, 2.24) is 10.3 Å². The molecule has 1 amide bonds. The Bertz CT molecular complexity index is 419. The van der Waals surface area contributed by atoms with Crippen molar-refractivity contribution in [2.24, 2.45) is 0 Å². The third-order valence-electron chi connectivity index (χ3n) is 2.61. The van der Waals surface area contributed by atoms with Gasteiger partial charge in [0.15, 0.2) is 0 Å². The predicted octanol–water partition coefficient (Wildman–Crippen LogP) is 1.30. The van der Waals surface area contributed by atoms with Crippen molar-refractivity contribution in [3.05, 3.63) is 22.8 Å². The van der Waals surface area contributed by atoms with E-state index in [1.807, 2.05) is 0 Å². The second-order valence-electron chi connectivity index (χ2n) is 3.84. The van der Waals surface area contributed by atoms with Crippen LogP contribution in [0.5, 0.6) is 0 Å². The summed E-state index contributed by atoms with van der Waals surface area (Å²) >= 11 is 5.96. The maximum absolute atomic E-state index is 11.9. The molecule has 1 atom stereocenters. The van der Waals surface area contributed by atoms with Gasteiger partial charge in [0.25, 0.3) is 5.91 Å². The number of nitrogens with one attached hydrogen (secondary N) is 2. The Morgan fingerprint density at radius 2 is 2.47 bits per heavy atom. The summed E-state index contributed by atoms with van der Waals surface area (Å²) < 4.78 is 5.19. The molecule has 2 N–H and O–H groups in total. The van der Waals surface area contributed by atoms with Crippen molar-refractivity contribution in [2.75, 3.05) is 25.6 Å². The molecular formula is C11H14ClN3O2. The molecule has 17 heavy (non-hydrogen) atoms. The first-order valence-corrected chi connectivity index (χ1v) is 5.80. The fourth-order valence-electron chi connectivity index (χ4n) is 1.66. The van der Waals surface area contributed by atoms with Crippen LogP contribution in [0.4, 0.5) is 5.82 Å². The number of hydrogen-bond donors (Lipinski definition) is 2. The lowest BCUT2D eigenvalue weighted by molar-refractivity contribution is 0.0929. The van der Waals surface area contributed by atoms with Crippen molar-refractivity contribution in [2.45, 2.75) is 12.5 Å². The van der Waals surface area contributed by atoms with Gasteiger partial charge in [-0.1, -0.05) is 11.6 Å². The van der Waals surface area contributed by atoms with Crippen molar-refractivity contribution in [3.63, 3.8) is 0 Å². The molecule has 1 aromatic rings. The van der Waals surface area contributed by atoms with Crippen molar-refractivity contribution >= 4 is 23.3 Å². The first-order valence-electron chi connectivity index (χ1n) is 5.42. The zero-order chi connectivity index (χ0) is 12.3. The minimum atomic E-state index is -0.169. The van der Waals surface area contributed by atoms with E-state index >= 15 is 0 Å². The minimum absolute atomic E-state index is 0.0882. The second kappa shape index (κ2) is 5.33. The predicted molar refractivity (Wildman–Crippen MR) is 65.5 cm³/mol. The molecule has 1 aromatic heterocycles. The average molecular weight is 256 g/mol. The minimum Gasteiger partial charge on any atom is -0.379 e. The van der Waals surface area contributed by atoms with Crippen molar-refractivity contribution in [3.8, 4) is 0 Å². The highest BCUT2D eigenvalue weighted by Crippen LogP contribution is 2.19. The molecule has 1 fully saturated rings. The SMILES string of the molecule is CNc1ncc(C(=O)NC2CCOC2)cc1Cl. The Balaban J connectivity index is 2.05. The van der Waals surface area contributed by atoms with Gasteiger partial charge in [-0.25, -0.2) is 4.98 Å². The van der Waals surface area contributed by atoms with Gasteiger partial charge in [0, 0.05) is 19.9 Å².